The van der Waals surface area contributed by atoms with Gasteiger partial charge in [0.05, 0.1) is 0 Å². The van der Waals surface area contributed by atoms with Gasteiger partial charge in [0.15, 0.2) is 11.6 Å². The second kappa shape index (κ2) is 10.7. The van der Waals surface area contributed by atoms with Crippen molar-refractivity contribution in [3.8, 4) is 5.75 Å². The number of primary amides is 2. The summed E-state index contributed by atoms with van der Waals surface area (Å²) < 4.78 is 20.0. The number of halogens is 1. The number of aryl methyl sites for hydroxylation is 2. The average Bonchev–Trinajstić information content (AvgIpc) is 2.53. The highest BCUT2D eigenvalue weighted by molar-refractivity contribution is 5.73. The molecule has 2 amide bonds. The van der Waals surface area contributed by atoms with Crippen LogP contribution in [0.1, 0.15) is 49.7 Å². The fourth-order valence-electron chi connectivity index (χ4n) is 2.49. The minimum atomic E-state index is -0.421. The maximum Gasteiger partial charge on any atom is 0.217 e. The Hall–Kier alpha value is -2.15. The number of hydrogen-bond donors (Lipinski definition) is 3. The fraction of sp³-hybridized carbons (Fsp3) is 0.556. The van der Waals surface area contributed by atoms with Crippen LogP contribution in [0.2, 0.25) is 0 Å². The van der Waals surface area contributed by atoms with Gasteiger partial charge in [0.2, 0.25) is 11.8 Å². The van der Waals surface area contributed by atoms with E-state index in [9.17, 15) is 14.0 Å². The van der Waals surface area contributed by atoms with Crippen molar-refractivity contribution in [3.63, 3.8) is 0 Å². The smallest absolute Gasteiger partial charge is 0.217 e. The number of ether oxygens (including phenoxy) is 1. The van der Waals surface area contributed by atoms with E-state index in [0.717, 1.165) is 18.4 Å². The number of hydrogen-bond acceptors (Lipinski definition) is 4. The lowest BCUT2D eigenvalue weighted by atomic mass is 10.0. The van der Waals surface area contributed by atoms with Crippen LogP contribution < -0.4 is 21.9 Å². The topological polar surface area (TPSA) is 121 Å². The van der Waals surface area contributed by atoms with Gasteiger partial charge >= 0.3 is 0 Å². The van der Waals surface area contributed by atoms with Gasteiger partial charge in [0.25, 0.3) is 0 Å². The SMILES string of the molecule is Cc1cc(CCCCCC(N)=O)c(F)c(OC[C@@H](N)CCC(N)=O)c1. The van der Waals surface area contributed by atoms with Crippen molar-refractivity contribution in [3.05, 3.63) is 29.1 Å². The first-order chi connectivity index (χ1) is 11.8. The van der Waals surface area contributed by atoms with E-state index in [0.29, 0.717) is 31.2 Å². The van der Waals surface area contributed by atoms with E-state index in [2.05, 4.69) is 0 Å². The van der Waals surface area contributed by atoms with Crippen LogP contribution in [-0.4, -0.2) is 24.5 Å². The molecule has 1 rings (SSSR count). The van der Waals surface area contributed by atoms with Crippen LogP contribution in [0.3, 0.4) is 0 Å². The highest BCUT2D eigenvalue weighted by Gasteiger charge is 2.13. The molecule has 0 fully saturated rings. The highest BCUT2D eigenvalue weighted by atomic mass is 19.1. The molecular weight excluding hydrogens is 325 g/mol. The first-order valence-electron chi connectivity index (χ1n) is 8.53. The van der Waals surface area contributed by atoms with Gasteiger partial charge in [-0.25, -0.2) is 4.39 Å². The number of unbranched alkanes of at least 4 members (excludes halogenated alkanes) is 2. The normalized spacial score (nSPS) is 12.0. The average molecular weight is 353 g/mol. The monoisotopic (exact) mass is 353 g/mol. The molecule has 0 spiro atoms. The minimum absolute atomic E-state index is 0.117. The van der Waals surface area contributed by atoms with Gasteiger partial charge in [-0.05, 0) is 49.8 Å². The standard InChI is InChI=1S/C18H28FN3O3/c1-12-9-13(5-3-2-4-6-16(21)23)18(19)15(10-12)25-11-14(20)7-8-17(22)24/h9-10,14H,2-8,11,20H2,1H3,(H2,21,23)(H2,22,24)/t14-/m0/s1. The zero-order chi connectivity index (χ0) is 18.8. The van der Waals surface area contributed by atoms with Crippen LogP contribution in [0.5, 0.6) is 5.75 Å². The molecule has 0 radical (unpaired) electrons. The van der Waals surface area contributed by atoms with Crippen molar-refractivity contribution in [1.29, 1.82) is 0 Å². The molecule has 0 aromatic heterocycles. The summed E-state index contributed by atoms with van der Waals surface area (Å²) in [5.74, 6) is -0.954. The third-order valence-electron chi connectivity index (χ3n) is 3.84. The third-order valence-corrected chi connectivity index (χ3v) is 3.84. The van der Waals surface area contributed by atoms with E-state index in [1.807, 2.05) is 6.92 Å². The molecule has 7 heteroatoms. The summed E-state index contributed by atoms with van der Waals surface area (Å²) in [6.07, 6.45) is 3.79. The molecule has 0 aliphatic rings. The molecule has 6 nitrogen and oxygen atoms in total. The summed E-state index contributed by atoms with van der Waals surface area (Å²) in [5, 5.41) is 0. The quantitative estimate of drug-likeness (QED) is 0.495. The summed E-state index contributed by atoms with van der Waals surface area (Å²) in [6, 6.07) is 3.04. The van der Waals surface area contributed by atoms with Gasteiger partial charge in [-0.2, -0.15) is 0 Å². The van der Waals surface area contributed by atoms with E-state index in [1.54, 1.807) is 12.1 Å². The summed E-state index contributed by atoms with van der Waals surface area (Å²) >= 11 is 0. The molecule has 0 aliphatic heterocycles. The number of amides is 2. The van der Waals surface area contributed by atoms with E-state index < -0.39 is 5.91 Å². The summed E-state index contributed by atoms with van der Waals surface area (Å²) in [6.45, 7) is 1.99. The van der Waals surface area contributed by atoms with Gasteiger partial charge < -0.3 is 21.9 Å². The zero-order valence-electron chi connectivity index (χ0n) is 14.7. The number of carbonyl (C=O) groups excluding carboxylic acids is 2. The molecule has 140 valence electrons. The van der Waals surface area contributed by atoms with Crippen LogP contribution >= 0.6 is 0 Å². The molecule has 0 saturated heterocycles. The van der Waals surface area contributed by atoms with Crippen molar-refractivity contribution in [2.45, 2.75) is 57.9 Å². The van der Waals surface area contributed by atoms with Crippen LogP contribution in [-0.2, 0) is 16.0 Å². The summed E-state index contributed by atoms with van der Waals surface area (Å²) in [4.78, 5) is 21.4. The zero-order valence-corrected chi connectivity index (χ0v) is 14.7. The second-order valence-corrected chi connectivity index (χ2v) is 6.34. The highest BCUT2D eigenvalue weighted by Crippen LogP contribution is 2.25. The molecule has 1 atom stereocenters. The largest absolute Gasteiger partial charge is 0.489 e. The van der Waals surface area contributed by atoms with E-state index in [4.69, 9.17) is 21.9 Å². The molecule has 25 heavy (non-hydrogen) atoms. The molecule has 0 bridgehead atoms. The van der Waals surface area contributed by atoms with Crippen molar-refractivity contribution < 1.29 is 18.7 Å². The predicted octanol–water partition coefficient (Wildman–Crippen LogP) is 1.69. The van der Waals surface area contributed by atoms with Crippen LogP contribution in [0.15, 0.2) is 12.1 Å². The minimum Gasteiger partial charge on any atom is -0.489 e. The maximum atomic E-state index is 14.5. The Morgan fingerprint density at radius 1 is 1.12 bits per heavy atom. The molecule has 1 aromatic rings. The molecule has 1 aromatic carbocycles. The Bertz CT molecular complexity index is 593. The van der Waals surface area contributed by atoms with Crippen LogP contribution in [0.4, 0.5) is 4.39 Å². The lowest BCUT2D eigenvalue weighted by molar-refractivity contribution is -0.119. The summed E-state index contributed by atoms with van der Waals surface area (Å²) in [7, 11) is 0. The van der Waals surface area contributed by atoms with Gasteiger partial charge in [0.1, 0.15) is 6.61 Å². The molecule has 0 unspecified atom stereocenters. The number of nitrogens with two attached hydrogens (primary N) is 3. The van der Waals surface area contributed by atoms with E-state index in [-0.39, 0.29) is 36.5 Å². The molecule has 6 N–H and O–H groups in total. The molecule has 0 heterocycles. The van der Waals surface area contributed by atoms with Gasteiger partial charge in [-0.3, -0.25) is 9.59 Å². The summed E-state index contributed by atoms with van der Waals surface area (Å²) in [5.41, 5.74) is 17.5. The van der Waals surface area contributed by atoms with Crippen molar-refractivity contribution in [1.82, 2.24) is 0 Å². The Balaban J connectivity index is 2.56. The lowest BCUT2D eigenvalue weighted by Gasteiger charge is -2.15. The lowest BCUT2D eigenvalue weighted by Crippen LogP contribution is -2.29. The van der Waals surface area contributed by atoms with Crippen molar-refractivity contribution in [2.24, 2.45) is 17.2 Å². The maximum absolute atomic E-state index is 14.5. The van der Waals surface area contributed by atoms with Crippen molar-refractivity contribution in [2.75, 3.05) is 6.61 Å². The molecular formula is C18H28FN3O3. The molecule has 0 saturated carbocycles. The fourth-order valence-corrected chi connectivity index (χ4v) is 2.49. The van der Waals surface area contributed by atoms with Crippen LogP contribution in [0, 0.1) is 12.7 Å². The van der Waals surface area contributed by atoms with E-state index in [1.165, 1.54) is 0 Å². The Morgan fingerprint density at radius 2 is 1.80 bits per heavy atom. The number of benzene rings is 1. The Morgan fingerprint density at radius 3 is 2.44 bits per heavy atom. The van der Waals surface area contributed by atoms with Gasteiger partial charge in [0, 0.05) is 18.9 Å². The number of carbonyl (C=O) groups is 2. The Kier molecular flexibility index (Phi) is 8.91. The van der Waals surface area contributed by atoms with Crippen molar-refractivity contribution >= 4 is 11.8 Å². The Labute approximate surface area is 147 Å². The first-order valence-corrected chi connectivity index (χ1v) is 8.53. The number of rotatable bonds is 12. The third kappa shape index (κ3) is 8.49. The molecule has 0 aliphatic carbocycles. The van der Waals surface area contributed by atoms with E-state index >= 15 is 0 Å². The second-order valence-electron chi connectivity index (χ2n) is 6.34. The van der Waals surface area contributed by atoms with Gasteiger partial charge in [-0.1, -0.05) is 12.5 Å². The van der Waals surface area contributed by atoms with Crippen LogP contribution in [0.25, 0.3) is 0 Å². The predicted molar refractivity (Wildman–Crippen MR) is 94.4 cm³/mol. The van der Waals surface area contributed by atoms with Gasteiger partial charge in [-0.15, -0.1) is 0 Å². The first kappa shape index (κ1) is 20.9.